The molecule has 2 rings (SSSR count). The highest BCUT2D eigenvalue weighted by Gasteiger charge is 2.04. The molecule has 0 saturated heterocycles. The molecule has 4 nitrogen and oxygen atoms in total. The van der Waals surface area contributed by atoms with Crippen molar-refractivity contribution in [2.45, 2.75) is 26.2 Å². The van der Waals surface area contributed by atoms with Gasteiger partial charge in [-0.15, -0.1) is 0 Å². The number of carbonyl (C=O) groups is 1. The van der Waals surface area contributed by atoms with Gasteiger partial charge >= 0.3 is 0 Å². The Morgan fingerprint density at radius 2 is 2.14 bits per heavy atom. The Morgan fingerprint density at radius 1 is 1.33 bits per heavy atom. The molecule has 1 aromatic heterocycles. The van der Waals surface area contributed by atoms with Crippen LogP contribution >= 0.6 is 11.6 Å². The Bertz CT molecular complexity index is 602. The quantitative estimate of drug-likeness (QED) is 0.892. The monoisotopic (exact) mass is 305 g/mol. The third kappa shape index (κ3) is 4.90. The van der Waals surface area contributed by atoms with Gasteiger partial charge in [0.05, 0.1) is 5.69 Å². The number of benzene rings is 1. The van der Waals surface area contributed by atoms with E-state index in [1.807, 2.05) is 49.0 Å². The molecule has 1 amide bonds. The van der Waals surface area contributed by atoms with Gasteiger partial charge in [0, 0.05) is 37.2 Å². The van der Waals surface area contributed by atoms with E-state index < -0.39 is 0 Å². The van der Waals surface area contributed by atoms with Crippen molar-refractivity contribution < 1.29 is 4.79 Å². The first-order chi connectivity index (χ1) is 10.0. The number of halogens is 1. The average molecular weight is 306 g/mol. The van der Waals surface area contributed by atoms with Crippen molar-refractivity contribution in [3.63, 3.8) is 0 Å². The van der Waals surface area contributed by atoms with Gasteiger partial charge in [-0.1, -0.05) is 23.7 Å². The lowest BCUT2D eigenvalue weighted by molar-refractivity contribution is -0.121. The predicted molar refractivity (Wildman–Crippen MR) is 84.4 cm³/mol. The highest BCUT2D eigenvalue weighted by molar-refractivity contribution is 6.30. The second-order valence-corrected chi connectivity index (χ2v) is 5.57. The molecular formula is C16H20ClN3O. The van der Waals surface area contributed by atoms with E-state index in [0.29, 0.717) is 24.4 Å². The van der Waals surface area contributed by atoms with E-state index in [1.54, 1.807) is 0 Å². The van der Waals surface area contributed by atoms with Crippen LogP contribution in [0.3, 0.4) is 0 Å². The molecule has 2 aromatic rings. The summed E-state index contributed by atoms with van der Waals surface area (Å²) in [6, 6.07) is 9.65. The van der Waals surface area contributed by atoms with Gasteiger partial charge in [-0.05, 0) is 37.1 Å². The molecule has 0 aliphatic carbocycles. The SMILES string of the molecule is Cc1cc(CCNC(=O)CCc2cccc(Cl)c2)nn1C. The Hall–Kier alpha value is -1.81. The van der Waals surface area contributed by atoms with E-state index in [9.17, 15) is 4.79 Å². The maximum absolute atomic E-state index is 11.8. The molecule has 112 valence electrons. The summed E-state index contributed by atoms with van der Waals surface area (Å²) in [6.45, 7) is 2.63. The molecule has 0 aliphatic heterocycles. The van der Waals surface area contributed by atoms with E-state index in [-0.39, 0.29) is 5.91 Å². The number of hydrogen-bond donors (Lipinski definition) is 1. The number of carbonyl (C=O) groups excluding carboxylic acids is 1. The van der Waals surface area contributed by atoms with Crippen molar-refractivity contribution in [2.24, 2.45) is 7.05 Å². The van der Waals surface area contributed by atoms with Crippen molar-refractivity contribution in [1.82, 2.24) is 15.1 Å². The van der Waals surface area contributed by atoms with Crippen molar-refractivity contribution in [2.75, 3.05) is 6.54 Å². The van der Waals surface area contributed by atoms with Crippen LogP contribution in [0.4, 0.5) is 0 Å². The van der Waals surface area contributed by atoms with Crippen LogP contribution in [-0.4, -0.2) is 22.2 Å². The van der Waals surface area contributed by atoms with Crippen LogP contribution in [0.25, 0.3) is 0 Å². The van der Waals surface area contributed by atoms with Gasteiger partial charge in [0.2, 0.25) is 5.91 Å². The third-order valence-corrected chi connectivity index (χ3v) is 3.63. The van der Waals surface area contributed by atoms with Gasteiger partial charge in [-0.3, -0.25) is 9.48 Å². The maximum atomic E-state index is 11.8. The number of nitrogens with one attached hydrogen (secondary N) is 1. The van der Waals surface area contributed by atoms with Gasteiger partial charge in [0.15, 0.2) is 0 Å². The van der Waals surface area contributed by atoms with Crippen LogP contribution < -0.4 is 5.32 Å². The van der Waals surface area contributed by atoms with Crippen LogP contribution in [0, 0.1) is 6.92 Å². The lowest BCUT2D eigenvalue weighted by Gasteiger charge is -2.04. The third-order valence-electron chi connectivity index (χ3n) is 3.40. The molecule has 0 saturated carbocycles. The standard InChI is InChI=1S/C16H20ClN3O/c1-12-10-15(19-20(12)2)8-9-18-16(21)7-6-13-4-3-5-14(17)11-13/h3-5,10-11H,6-9H2,1-2H3,(H,18,21). The fourth-order valence-corrected chi connectivity index (χ4v) is 2.34. The summed E-state index contributed by atoms with van der Waals surface area (Å²) in [7, 11) is 1.92. The highest BCUT2D eigenvalue weighted by atomic mass is 35.5. The second kappa shape index (κ2) is 7.27. The first kappa shape index (κ1) is 15.6. The summed E-state index contributed by atoms with van der Waals surface area (Å²) in [6.07, 6.45) is 1.93. The Labute approximate surface area is 130 Å². The van der Waals surface area contributed by atoms with Gasteiger partial charge < -0.3 is 5.32 Å². The number of aryl methyl sites for hydroxylation is 3. The van der Waals surface area contributed by atoms with E-state index >= 15 is 0 Å². The topological polar surface area (TPSA) is 46.9 Å². The number of amides is 1. The largest absolute Gasteiger partial charge is 0.356 e. The smallest absolute Gasteiger partial charge is 0.220 e. The normalized spacial score (nSPS) is 10.6. The van der Waals surface area contributed by atoms with E-state index in [2.05, 4.69) is 10.4 Å². The zero-order valence-electron chi connectivity index (χ0n) is 12.4. The van der Waals surface area contributed by atoms with Crippen LogP contribution in [0.1, 0.15) is 23.4 Å². The summed E-state index contributed by atoms with van der Waals surface area (Å²) in [5.74, 6) is 0.0580. The fraction of sp³-hybridized carbons (Fsp3) is 0.375. The van der Waals surface area contributed by atoms with Crippen molar-refractivity contribution in [3.8, 4) is 0 Å². The van der Waals surface area contributed by atoms with E-state index in [0.717, 1.165) is 23.4 Å². The van der Waals surface area contributed by atoms with Crippen LogP contribution in [0.2, 0.25) is 5.02 Å². The molecule has 1 heterocycles. The number of nitrogens with zero attached hydrogens (tertiary/aromatic N) is 2. The van der Waals surface area contributed by atoms with Crippen molar-refractivity contribution in [3.05, 3.63) is 52.3 Å². The molecule has 0 bridgehead atoms. The minimum absolute atomic E-state index is 0.0580. The lowest BCUT2D eigenvalue weighted by Crippen LogP contribution is -2.26. The summed E-state index contributed by atoms with van der Waals surface area (Å²) in [4.78, 5) is 11.8. The number of hydrogen-bond acceptors (Lipinski definition) is 2. The number of aromatic nitrogens is 2. The fourth-order valence-electron chi connectivity index (χ4n) is 2.13. The molecule has 0 fully saturated rings. The Morgan fingerprint density at radius 3 is 2.81 bits per heavy atom. The molecule has 21 heavy (non-hydrogen) atoms. The van der Waals surface area contributed by atoms with Gasteiger partial charge in [-0.2, -0.15) is 5.10 Å². The van der Waals surface area contributed by atoms with Crippen LogP contribution in [0.15, 0.2) is 30.3 Å². The summed E-state index contributed by atoms with van der Waals surface area (Å²) >= 11 is 5.92. The molecule has 0 unspecified atom stereocenters. The van der Waals surface area contributed by atoms with E-state index in [4.69, 9.17) is 11.6 Å². The first-order valence-electron chi connectivity index (χ1n) is 7.05. The molecule has 1 N–H and O–H groups in total. The summed E-state index contributed by atoms with van der Waals surface area (Å²) in [5, 5.41) is 7.99. The lowest BCUT2D eigenvalue weighted by atomic mass is 10.1. The van der Waals surface area contributed by atoms with Gasteiger partial charge in [0.25, 0.3) is 0 Å². The van der Waals surface area contributed by atoms with Crippen LogP contribution in [0.5, 0.6) is 0 Å². The minimum Gasteiger partial charge on any atom is -0.356 e. The number of rotatable bonds is 6. The Kier molecular flexibility index (Phi) is 5.39. The predicted octanol–water partition coefficient (Wildman–Crippen LogP) is 2.67. The van der Waals surface area contributed by atoms with Crippen molar-refractivity contribution >= 4 is 17.5 Å². The zero-order chi connectivity index (χ0) is 15.2. The molecule has 1 aromatic carbocycles. The minimum atomic E-state index is 0.0580. The molecular weight excluding hydrogens is 286 g/mol. The molecule has 0 aliphatic rings. The molecule has 0 spiro atoms. The maximum Gasteiger partial charge on any atom is 0.220 e. The second-order valence-electron chi connectivity index (χ2n) is 5.13. The van der Waals surface area contributed by atoms with Gasteiger partial charge in [0.1, 0.15) is 0 Å². The van der Waals surface area contributed by atoms with Crippen LogP contribution in [-0.2, 0) is 24.7 Å². The van der Waals surface area contributed by atoms with Gasteiger partial charge in [-0.25, -0.2) is 0 Å². The molecule has 0 atom stereocenters. The van der Waals surface area contributed by atoms with Crippen molar-refractivity contribution in [1.29, 1.82) is 0 Å². The Balaban J connectivity index is 1.70. The summed E-state index contributed by atoms with van der Waals surface area (Å²) < 4.78 is 1.84. The molecule has 5 heteroatoms. The highest BCUT2D eigenvalue weighted by Crippen LogP contribution is 2.12. The molecule has 0 radical (unpaired) electrons. The summed E-state index contributed by atoms with van der Waals surface area (Å²) in [5.41, 5.74) is 3.21. The zero-order valence-corrected chi connectivity index (χ0v) is 13.2. The average Bonchev–Trinajstić information content (AvgIpc) is 2.75. The first-order valence-corrected chi connectivity index (χ1v) is 7.43. The van der Waals surface area contributed by atoms with E-state index in [1.165, 1.54) is 0 Å².